The molecule has 2 rings (SSSR count). The van der Waals surface area contributed by atoms with Gasteiger partial charge in [-0.05, 0) is 24.6 Å². The Labute approximate surface area is 86.0 Å². The molecule has 0 bridgehead atoms. The molecule has 5 nitrogen and oxygen atoms in total. The number of aromatic carboxylic acids is 1. The summed E-state index contributed by atoms with van der Waals surface area (Å²) in [5.41, 5.74) is 1.80. The van der Waals surface area contributed by atoms with E-state index in [1.54, 1.807) is 22.8 Å². The van der Waals surface area contributed by atoms with Gasteiger partial charge in [0.15, 0.2) is 0 Å². The third-order valence-electron chi connectivity index (χ3n) is 2.08. The molecule has 0 unspecified atom stereocenters. The first kappa shape index (κ1) is 9.39. The molecule has 5 heteroatoms. The van der Waals surface area contributed by atoms with Crippen LogP contribution < -0.4 is 0 Å². The molecular weight excluding hydrogens is 194 g/mol. The Morgan fingerprint density at radius 3 is 2.60 bits per heavy atom. The summed E-state index contributed by atoms with van der Waals surface area (Å²) < 4.78 is 1.58. The topological polar surface area (TPSA) is 68.0 Å². The molecule has 0 saturated carbocycles. The van der Waals surface area contributed by atoms with E-state index >= 15 is 0 Å². The van der Waals surface area contributed by atoms with Crippen molar-refractivity contribution in [1.82, 2.24) is 14.8 Å². The maximum absolute atomic E-state index is 11.0. The van der Waals surface area contributed by atoms with Crippen LogP contribution in [0.25, 0.3) is 5.69 Å². The van der Waals surface area contributed by atoms with E-state index in [0.717, 1.165) is 5.56 Å². The number of hydrogen-bond acceptors (Lipinski definition) is 3. The van der Waals surface area contributed by atoms with E-state index in [4.69, 9.17) is 5.11 Å². The lowest BCUT2D eigenvalue weighted by Gasteiger charge is -2.06. The van der Waals surface area contributed by atoms with Crippen LogP contribution in [0.3, 0.4) is 0 Å². The van der Waals surface area contributed by atoms with Crippen molar-refractivity contribution < 1.29 is 9.90 Å². The Hall–Kier alpha value is -2.17. The highest BCUT2D eigenvalue weighted by Gasteiger charge is 2.11. The van der Waals surface area contributed by atoms with Crippen LogP contribution in [0.4, 0.5) is 0 Å². The Kier molecular flexibility index (Phi) is 2.21. The lowest BCUT2D eigenvalue weighted by molar-refractivity contribution is 0.0697. The van der Waals surface area contributed by atoms with Gasteiger partial charge < -0.3 is 5.11 Å². The van der Waals surface area contributed by atoms with E-state index in [2.05, 4.69) is 10.2 Å². The highest BCUT2D eigenvalue weighted by Crippen LogP contribution is 2.15. The molecule has 0 spiro atoms. The molecule has 0 radical (unpaired) electrons. The smallest absolute Gasteiger partial charge is 0.337 e. The van der Waals surface area contributed by atoms with Crippen LogP contribution in [0, 0.1) is 6.92 Å². The molecule has 1 aromatic heterocycles. The lowest BCUT2D eigenvalue weighted by Crippen LogP contribution is -2.04. The normalized spacial score (nSPS) is 10.2. The maximum Gasteiger partial charge on any atom is 0.337 e. The van der Waals surface area contributed by atoms with Crippen molar-refractivity contribution in [3.63, 3.8) is 0 Å². The predicted octanol–water partition coefficient (Wildman–Crippen LogP) is 1.27. The van der Waals surface area contributed by atoms with E-state index in [1.807, 2.05) is 6.92 Å². The maximum atomic E-state index is 11.0. The number of hydrogen-bond donors (Lipinski definition) is 1. The van der Waals surface area contributed by atoms with Gasteiger partial charge in [-0.1, -0.05) is 6.07 Å². The molecule has 0 fully saturated rings. The second-order valence-corrected chi connectivity index (χ2v) is 3.19. The van der Waals surface area contributed by atoms with E-state index in [1.165, 1.54) is 12.7 Å². The molecule has 0 aliphatic carbocycles. The summed E-state index contributed by atoms with van der Waals surface area (Å²) in [7, 11) is 0. The quantitative estimate of drug-likeness (QED) is 0.798. The van der Waals surface area contributed by atoms with Crippen LogP contribution in [-0.4, -0.2) is 25.8 Å². The van der Waals surface area contributed by atoms with Crippen molar-refractivity contribution >= 4 is 5.97 Å². The van der Waals surface area contributed by atoms with Crippen molar-refractivity contribution in [3.05, 3.63) is 42.0 Å². The van der Waals surface area contributed by atoms with E-state index < -0.39 is 5.97 Å². The van der Waals surface area contributed by atoms with Gasteiger partial charge in [0, 0.05) is 0 Å². The summed E-state index contributed by atoms with van der Waals surface area (Å²) in [5.74, 6) is -0.960. The minimum absolute atomic E-state index is 0.236. The van der Waals surface area contributed by atoms with Crippen molar-refractivity contribution in [3.8, 4) is 5.69 Å². The van der Waals surface area contributed by atoms with Crippen molar-refractivity contribution in [2.45, 2.75) is 6.92 Å². The van der Waals surface area contributed by atoms with Crippen LogP contribution in [-0.2, 0) is 0 Å². The number of carboxylic acids is 1. The molecule has 2 aromatic rings. The van der Waals surface area contributed by atoms with E-state index in [9.17, 15) is 4.79 Å². The number of aromatic nitrogens is 3. The van der Waals surface area contributed by atoms with Crippen molar-refractivity contribution in [2.24, 2.45) is 0 Å². The summed E-state index contributed by atoms with van der Waals surface area (Å²) in [6, 6.07) is 5.12. The van der Waals surface area contributed by atoms with Gasteiger partial charge in [-0.3, -0.25) is 4.57 Å². The van der Waals surface area contributed by atoms with Gasteiger partial charge in [0.05, 0.1) is 11.3 Å². The zero-order valence-electron chi connectivity index (χ0n) is 8.08. The molecule has 0 amide bonds. The van der Waals surface area contributed by atoms with Crippen LogP contribution in [0.2, 0.25) is 0 Å². The second-order valence-electron chi connectivity index (χ2n) is 3.19. The predicted molar refractivity (Wildman–Crippen MR) is 53.1 cm³/mol. The fourth-order valence-corrected chi connectivity index (χ4v) is 1.36. The fourth-order valence-electron chi connectivity index (χ4n) is 1.36. The van der Waals surface area contributed by atoms with Crippen LogP contribution in [0.15, 0.2) is 30.9 Å². The highest BCUT2D eigenvalue weighted by molar-refractivity contribution is 5.92. The van der Waals surface area contributed by atoms with Gasteiger partial charge in [0.1, 0.15) is 12.7 Å². The molecule has 1 aromatic carbocycles. The third kappa shape index (κ3) is 1.71. The molecule has 0 aliphatic heterocycles. The highest BCUT2D eigenvalue weighted by atomic mass is 16.4. The largest absolute Gasteiger partial charge is 0.478 e. The van der Waals surface area contributed by atoms with Crippen molar-refractivity contribution in [2.75, 3.05) is 0 Å². The number of carbonyl (C=O) groups is 1. The summed E-state index contributed by atoms with van der Waals surface area (Å²) in [5, 5.41) is 16.3. The van der Waals surface area contributed by atoms with Gasteiger partial charge in [-0.25, -0.2) is 4.79 Å². The molecule has 0 saturated heterocycles. The summed E-state index contributed by atoms with van der Waals surface area (Å²) >= 11 is 0. The number of benzene rings is 1. The van der Waals surface area contributed by atoms with Crippen LogP contribution in [0.1, 0.15) is 15.9 Å². The molecule has 1 N–H and O–H groups in total. The van der Waals surface area contributed by atoms with E-state index in [0.29, 0.717) is 5.69 Å². The minimum atomic E-state index is -0.960. The Morgan fingerprint density at radius 2 is 2.00 bits per heavy atom. The molecule has 0 aliphatic rings. The van der Waals surface area contributed by atoms with Gasteiger partial charge in [0.2, 0.25) is 0 Å². The van der Waals surface area contributed by atoms with Crippen molar-refractivity contribution in [1.29, 1.82) is 0 Å². The van der Waals surface area contributed by atoms with Gasteiger partial charge in [-0.15, -0.1) is 10.2 Å². The third-order valence-corrected chi connectivity index (χ3v) is 2.08. The molecule has 15 heavy (non-hydrogen) atoms. The fraction of sp³-hybridized carbons (Fsp3) is 0.100. The minimum Gasteiger partial charge on any atom is -0.478 e. The van der Waals surface area contributed by atoms with Gasteiger partial charge >= 0.3 is 5.97 Å². The van der Waals surface area contributed by atoms with E-state index in [-0.39, 0.29) is 5.56 Å². The summed E-state index contributed by atoms with van der Waals surface area (Å²) in [6.45, 7) is 1.90. The summed E-state index contributed by atoms with van der Waals surface area (Å²) in [4.78, 5) is 11.0. The molecule has 0 atom stereocenters. The first-order valence-electron chi connectivity index (χ1n) is 4.37. The Balaban J connectivity index is 2.63. The van der Waals surface area contributed by atoms with Crippen LogP contribution in [0.5, 0.6) is 0 Å². The summed E-state index contributed by atoms with van der Waals surface area (Å²) in [6.07, 6.45) is 2.95. The first-order chi connectivity index (χ1) is 7.18. The Morgan fingerprint density at radius 1 is 1.33 bits per heavy atom. The second kappa shape index (κ2) is 3.53. The zero-order chi connectivity index (χ0) is 10.8. The monoisotopic (exact) mass is 203 g/mol. The number of nitrogens with zero attached hydrogens (tertiary/aromatic N) is 3. The molecular formula is C10H9N3O2. The average Bonchev–Trinajstić information content (AvgIpc) is 2.69. The first-order valence-corrected chi connectivity index (χ1v) is 4.37. The van der Waals surface area contributed by atoms with Gasteiger partial charge in [0.25, 0.3) is 0 Å². The average molecular weight is 203 g/mol. The lowest BCUT2D eigenvalue weighted by atomic mass is 10.1. The number of aryl methyl sites for hydroxylation is 1. The number of rotatable bonds is 2. The zero-order valence-corrected chi connectivity index (χ0v) is 8.08. The van der Waals surface area contributed by atoms with Gasteiger partial charge in [-0.2, -0.15) is 0 Å². The molecule has 1 heterocycles. The SMILES string of the molecule is Cc1ccc(C(=O)O)c(-n2cnnc2)c1. The Bertz CT molecular complexity index is 491. The van der Waals surface area contributed by atoms with Crippen LogP contribution >= 0.6 is 0 Å². The molecule has 76 valence electrons. The standard InChI is InChI=1S/C10H9N3O2/c1-7-2-3-8(10(14)15)9(4-7)13-5-11-12-6-13/h2-6H,1H3,(H,14,15). The number of carboxylic acid groups (broad SMARTS) is 1.